The number of hydrogen-bond acceptors (Lipinski definition) is 4. The van der Waals surface area contributed by atoms with E-state index in [1.807, 2.05) is 0 Å². The molecule has 2 aliphatic heterocycles. The molecule has 0 spiro atoms. The van der Waals surface area contributed by atoms with Crippen LogP contribution in [0.15, 0.2) is 18.2 Å². The average molecular weight is 372 g/mol. The minimum Gasteiger partial charge on any atom is -0.491 e. The molecule has 27 heavy (non-hydrogen) atoms. The molecule has 1 saturated carbocycles. The first-order chi connectivity index (χ1) is 13.1. The maximum atomic E-state index is 12.8. The molecule has 5 nitrogen and oxygen atoms in total. The highest BCUT2D eigenvalue weighted by atomic mass is 16.5. The predicted molar refractivity (Wildman–Crippen MR) is 107 cm³/mol. The molecule has 0 unspecified atom stereocenters. The molecule has 0 aromatic heterocycles. The molecule has 4 rings (SSSR count). The Hall–Kier alpha value is -1.59. The van der Waals surface area contributed by atoms with E-state index in [1.54, 1.807) is 0 Å². The third-order valence-corrected chi connectivity index (χ3v) is 6.26. The Balaban J connectivity index is 1.27. The van der Waals surface area contributed by atoms with Crippen molar-refractivity contribution in [2.45, 2.75) is 58.2 Å². The Morgan fingerprint density at radius 3 is 2.56 bits per heavy atom. The summed E-state index contributed by atoms with van der Waals surface area (Å²) in [4.78, 5) is 19.7. The van der Waals surface area contributed by atoms with E-state index >= 15 is 0 Å². The molecule has 1 amide bonds. The SMILES string of the molecule is CC(C)Oc1ccc2c(c1)CCN(CC(=O)N1CCN(C3CCC3)CC1)C2. The Morgan fingerprint density at radius 2 is 1.89 bits per heavy atom. The molecule has 0 N–H and O–H groups in total. The topological polar surface area (TPSA) is 36.0 Å². The third-order valence-electron chi connectivity index (χ3n) is 6.26. The second-order valence-corrected chi connectivity index (χ2v) is 8.56. The van der Waals surface area contributed by atoms with Gasteiger partial charge in [-0.3, -0.25) is 14.6 Å². The molecule has 5 heteroatoms. The molecule has 1 aromatic carbocycles. The lowest BCUT2D eigenvalue weighted by Crippen LogP contribution is -2.55. The van der Waals surface area contributed by atoms with Crippen molar-refractivity contribution < 1.29 is 9.53 Å². The van der Waals surface area contributed by atoms with Crippen molar-refractivity contribution in [3.8, 4) is 5.75 Å². The zero-order chi connectivity index (χ0) is 18.8. The van der Waals surface area contributed by atoms with Gasteiger partial charge in [0.05, 0.1) is 12.6 Å². The van der Waals surface area contributed by atoms with Crippen molar-refractivity contribution in [3.05, 3.63) is 29.3 Å². The number of rotatable bonds is 5. The molecular formula is C22H33N3O2. The summed E-state index contributed by atoms with van der Waals surface area (Å²) in [5, 5.41) is 0. The first-order valence-corrected chi connectivity index (χ1v) is 10.6. The van der Waals surface area contributed by atoms with Gasteiger partial charge in [0.25, 0.3) is 0 Å². The predicted octanol–water partition coefficient (Wildman–Crippen LogP) is 2.53. The number of carbonyl (C=O) groups is 1. The molecule has 0 bridgehead atoms. The Labute approximate surface area is 163 Å². The highest BCUT2D eigenvalue weighted by Crippen LogP contribution is 2.26. The summed E-state index contributed by atoms with van der Waals surface area (Å²) in [7, 11) is 0. The van der Waals surface area contributed by atoms with E-state index in [4.69, 9.17) is 4.74 Å². The van der Waals surface area contributed by atoms with Gasteiger partial charge in [-0.25, -0.2) is 0 Å². The maximum absolute atomic E-state index is 12.8. The van der Waals surface area contributed by atoms with Crippen LogP contribution in [0.3, 0.4) is 0 Å². The van der Waals surface area contributed by atoms with E-state index in [9.17, 15) is 4.79 Å². The molecule has 0 atom stereocenters. The van der Waals surface area contributed by atoms with Crippen molar-refractivity contribution in [1.29, 1.82) is 0 Å². The van der Waals surface area contributed by atoms with Gasteiger partial charge in [-0.05, 0) is 56.4 Å². The first kappa shape index (κ1) is 18.8. The van der Waals surface area contributed by atoms with Crippen LogP contribution in [0.25, 0.3) is 0 Å². The summed E-state index contributed by atoms with van der Waals surface area (Å²) in [5.74, 6) is 1.25. The second-order valence-electron chi connectivity index (χ2n) is 8.56. The first-order valence-electron chi connectivity index (χ1n) is 10.6. The number of nitrogens with zero attached hydrogens (tertiary/aromatic N) is 3. The van der Waals surface area contributed by atoms with Crippen LogP contribution < -0.4 is 4.74 Å². The highest BCUT2D eigenvalue weighted by molar-refractivity contribution is 5.78. The van der Waals surface area contributed by atoms with E-state index in [0.717, 1.165) is 57.5 Å². The molecule has 2 heterocycles. The van der Waals surface area contributed by atoms with Gasteiger partial charge in [0.1, 0.15) is 5.75 Å². The second kappa shape index (κ2) is 8.19. The normalized spacial score (nSPS) is 21.8. The number of fused-ring (bicyclic) bond motifs is 1. The van der Waals surface area contributed by atoms with Crippen LogP contribution in [0.4, 0.5) is 0 Å². The fourth-order valence-electron chi connectivity index (χ4n) is 4.45. The van der Waals surface area contributed by atoms with Crippen molar-refractivity contribution >= 4 is 5.91 Å². The molecular weight excluding hydrogens is 338 g/mol. The van der Waals surface area contributed by atoms with Crippen LogP contribution in [0, 0.1) is 0 Å². The smallest absolute Gasteiger partial charge is 0.236 e. The third kappa shape index (κ3) is 4.46. The number of hydrogen-bond donors (Lipinski definition) is 0. The Kier molecular flexibility index (Phi) is 5.69. The van der Waals surface area contributed by atoms with E-state index in [0.29, 0.717) is 12.5 Å². The fourth-order valence-corrected chi connectivity index (χ4v) is 4.45. The van der Waals surface area contributed by atoms with Gasteiger partial charge in [0, 0.05) is 45.3 Å². The van der Waals surface area contributed by atoms with Crippen LogP contribution in [-0.2, 0) is 17.8 Å². The van der Waals surface area contributed by atoms with Gasteiger partial charge in [-0.15, -0.1) is 0 Å². The van der Waals surface area contributed by atoms with Gasteiger partial charge in [0.15, 0.2) is 0 Å². The van der Waals surface area contributed by atoms with Crippen molar-refractivity contribution in [1.82, 2.24) is 14.7 Å². The lowest BCUT2D eigenvalue weighted by atomic mass is 9.91. The maximum Gasteiger partial charge on any atom is 0.236 e. The molecule has 1 aliphatic carbocycles. The van der Waals surface area contributed by atoms with Crippen LogP contribution in [0.1, 0.15) is 44.2 Å². The van der Waals surface area contributed by atoms with E-state index in [1.165, 1.54) is 30.4 Å². The van der Waals surface area contributed by atoms with Crippen LogP contribution >= 0.6 is 0 Å². The number of benzene rings is 1. The van der Waals surface area contributed by atoms with E-state index < -0.39 is 0 Å². The largest absolute Gasteiger partial charge is 0.491 e. The Morgan fingerprint density at radius 1 is 1.11 bits per heavy atom. The summed E-state index contributed by atoms with van der Waals surface area (Å²) in [5.41, 5.74) is 2.70. The highest BCUT2D eigenvalue weighted by Gasteiger charge is 2.30. The van der Waals surface area contributed by atoms with E-state index in [2.05, 4.69) is 46.7 Å². The summed E-state index contributed by atoms with van der Waals surface area (Å²) >= 11 is 0. The van der Waals surface area contributed by atoms with Gasteiger partial charge < -0.3 is 9.64 Å². The minimum atomic E-state index is 0.200. The summed E-state index contributed by atoms with van der Waals surface area (Å²) in [6, 6.07) is 7.20. The average Bonchev–Trinajstić information content (AvgIpc) is 2.60. The standard InChI is InChI=1S/C22H33N3O2/c1-17(2)27-21-7-6-19-15-23(9-8-18(19)14-21)16-22(26)25-12-10-24(11-13-25)20-4-3-5-20/h6-7,14,17,20H,3-5,8-13,15-16H2,1-2H3. The van der Waals surface area contributed by atoms with Crippen molar-refractivity contribution in [3.63, 3.8) is 0 Å². The summed E-state index contributed by atoms with van der Waals surface area (Å²) in [6.45, 7) is 10.4. The monoisotopic (exact) mass is 371 g/mol. The lowest BCUT2D eigenvalue weighted by Gasteiger charge is -2.43. The van der Waals surface area contributed by atoms with Gasteiger partial charge >= 0.3 is 0 Å². The van der Waals surface area contributed by atoms with Gasteiger partial charge in [-0.1, -0.05) is 12.5 Å². The molecule has 148 valence electrons. The van der Waals surface area contributed by atoms with Gasteiger partial charge in [0.2, 0.25) is 5.91 Å². The van der Waals surface area contributed by atoms with Gasteiger partial charge in [-0.2, -0.15) is 0 Å². The number of amides is 1. The minimum absolute atomic E-state index is 0.200. The zero-order valence-electron chi connectivity index (χ0n) is 16.8. The lowest BCUT2D eigenvalue weighted by molar-refractivity contribution is -0.135. The van der Waals surface area contributed by atoms with Crippen LogP contribution in [0.2, 0.25) is 0 Å². The quantitative estimate of drug-likeness (QED) is 0.797. The molecule has 1 saturated heterocycles. The van der Waals surface area contributed by atoms with E-state index in [-0.39, 0.29) is 6.10 Å². The summed E-state index contributed by atoms with van der Waals surface area (Å²) in [6.07, 6.45) is 5.28. The molecule has 1 aromatic rings. The molecule has 0 radical (unpaired) electrons. The zero-order valence-corrected chi connectivity index (χ0v) is 16.8. The number of ether oxygens (including phenoxy) is 1. The Bertz CT molecular complexity index is 664. The molecule has 2 fully saturated rings. The summed E-state index contributed by atoms with van der Waals surface area (Å²) < 4.78 is 5.81. The van der Waals surface area contributed by atoms with Crippen LogP contribution in [-0.4, -0.2) is 72.0 Å². The van der Waals surface area contributed by atoms with Crippen molar-refractivity contribution in [2.24, 2.45) is 0 Å². The fraction of sp³-hybridized carbons (Fsp3) is 0.682. The van der Waals surface area contributed by atoms with Crippen LogP contribution in [0.5, 0.6) is 5.75 Å². The number of piperazine rings is 1. The van der Waals surface area contributed by atoms with Crippen molar-refractivity contribution in [2.75, 3.05) is 39.3 Å². The number of carbonyl (C=O) groups excluding carboxylic acids is 1. The molecule has 3 aliphatic rings.